The van der Waals surface area contributed by atoms with E-state index in [4.69, 9.17) is 17.3 Å². The van der Waals surface area contributed by atoms with Gasteiger partial charge in [-0.2, -0.15) is 0 Å². The van der Waals surface area contributed by atoms with Crippen LogP contribution in [0.25, 0.3) is 0 Å². The van der Waals surface area contributed by atoms with Gasteiger partial charge in [0.1, 0.15) is 5.82 Å². The lowest BCUT2D eigenvalue weighted by atomic mass is 9.85. The standard InChI is InChI=1S/C15H15ClFN/c1-10-7-12(9-14(17)8-10)15(2,18)11-3-5-13(16)6-4-11/h3-9H,18H2,1-2H3. The third-order valence-corrected chi connectivity index (χ3v) is 3.34. The number of nitrogens with two attached hydrogens (primary N) is 1. The molecule has 18 heavy (non-hydrogen) atoms. The molecule has 0 aliphatic heterocycles. The summed E-state index contributed by atoms with van der Waals surface area (Å²) in [6, 6.07) is 12.2. The molecule has 0 aliphatic rings. The molecule has 0 saturated heterocycles. The van der Waals surface area contributed by atoms with Crippen LogP contribution in [-0.4, -0.2) is 0 Å². The zero-order chi connectivity index (χ0) is 13.3. The summed E-state index contributed by atoms with van der Waals surface area (Å²) in [6.07, 6.45) is 0. The summed E-state index contributed by atoms with van der Waals surface area (Å²) in [7, 11) is 0. The summed E-state index contributed by atoms with van der Waals surface area (Å²) in [5.41, 5.74) is 8.11. The van der Waals surface area contributed by atoms with E-state index < -0.39 is 5.54 Å². The van der Waals surface area contributed by atoms with Crippen LogP contribution in [0, 0.1) is 12.7 Å². The molecular weight excluding hydrogens is 249 g/mol. The molecule has 2 rings (SSSR count). The van der Waals surface area contributed by atoms with Gasteiger partial charge in [0.05, 0.1) is 5.54 Å². The van der Waals surface area contributed by atoms with Gasteiger partial charge in [0.2, 0.25) is 0 Å². The molecule has 1 unspecified atom stereocenters. The second-order valence-corrected chi connectivity index (χ2v) is 5.16. The molecule has 0 aliphatic carbocycles. The van der Waals surface area contributed by atoms with Crippen LogP contribution in [0.3, 0.4) is 0 Å². The zero-order valence-corrected chi connectivity index (χ0v) is 11.1. The molecule has 94 valence electrons. The van der Waals surface area contributed by atoms with E-state index in [1.165, 1.54) is 12.1 Å². The van der Waals surface area contributed by atoms with Crippen LogP contribution in [0.2, 0.25) is 5.02 Å². The highest BCUT2D eigenvalue weighted by atomic mass is 35.5. The SMILES string of the molecule is Cc1cc(F)cc(C(C)(N)c2ccc(Cl)cc2)c1. The highest BCUT2D eigenvalue weighted by molar-refractivity contribution is 6.30. The van der Waals surface area contributed by atoms with Gasteiger partial charge < -0.3 is 5.73 Å². The fourth-order valence-electron chi connectivity index (χ4n) is 2.00. The van der Waals surface area contributed by atoms with Gasteiger partial charge in [0.15, 0.2) is 0 Å². The molecule has 0 spiro atoms. The highest BCUT2D eigenvalue weighted by Crippen LogP contribution is 2.28. The van der Waals surface area contributed by atoms with Crippen LogP contribution in [-0.2, 0) is 5.54 Å². The first-order valence-electron chi connectivity index (χ1n) is 5.72. The van der Waals surface area contributed by atoms with E-state index in [-0.39, 0.29) is 5.82 Å². The summed E-state index contributed by atoms with van der Waals surface area (Å²) >= 11 is 5.86. The Morgan fingerprint density at radius 3 is 2.22 bits per heavy atom. The van der Waals surface area contributed by atoms with Crippen molar-refractivity contribution >= 4 is 11.6 Å². The van der Waals surface area contributed by atoms with Gasteiger partial charge >= 0.3 is 0 Å². The van der Waals surface area contributed by atoms with E-state index in [1.807, 2.05) is 32.0 Å². The Morgan fingerprint density at radius 1 is 1.06 bits per heavy atom. The molecule has 3 heteroatoms. The van der Waals surface area contributed by atoms with Gasteiger partial charge in [0, 0.05) is 5.02 Å². The summed E-state index contributed by atoms with van der Waals surface area (Å²) in [5.74, 6) is -0.268. The molecule has 0 saturated carbocycles. The third-order valence-electron chi connectivity index (χ3n) is 3.09. The molecule has 0 radical (unpaired) electrons. The predicted octanol–water partition coefficient (Wildman–Crippen LogP) is 4.01. The topological polar surface area (TPSA) is 26.0 Å². The quantitative estimate of drug-likeness (QED) is 0.870. The van der Waals surface area contributed by atoms with Gasteiger partial charge in [-0.05, 0) is 54.8 Å². The number of rotatable bonds is 2. The van der Waals surface area contributed by atoms with Crippen LogP contribution >= 0.6 is 11.6 Å². The minimum absolute atomic E-state index is 0.268. The zero-order valence-electron chi connectivity index (χ0n) is 10.4. The summed E-state index contributed by atoms with van der Waals surface area (Å²) in [6.45, 7) is 3.72. The minimum atomic E-state index is -0.739. The van der Waals surface area contributed by atoms with Gasteiger partial charge in [-0.15, -0.1) is 0 Å². The van der Waals surface area contributed by atoms with Crippen molar-refractivity contribution in [2.24, 2.45) is 5.73 Å². The lowest BCUT2D eigenvalue weighted by Crippen LogP contribution is -2.34. The minimum Gasteiger partial charge on any atom is -0.318 e. The van der Waals surface area contributed by atoms with Crippen LogP contribution in [0.15, 0.2) is 42.5 Å². The molecule has 2 N–H and O–H groups in total. The molecule has 1 atom stereocenters. The number of hydrogen-bond acceptors (Lipinski definition) is 1. The molecule has 0 fully saturated rings. The Labute approximate surface area is 111 Å². The Balaban J connectivity index is 2.49. The number of benzene rings is 2. The van der Waals surface area contributed by atoms with Crippen LogP contribution in [0.4, 0.5) is 4.39 Å². The molecule has 2 aromatic carbocycles. The summed E-state index contributed by atoms with van der Waals surface area (Å²) in [5, 5.41) is 0.657. The lowest BCUT2D eigenvalue weighted by molar-refractivity contribution is 0.580. The van der Waals surface area contributed by atoms with Gasteiger partial charge in [-0.1, -0.05) is 29.8 Å². The summed E-state index contributed by atoms with van der Waals surface area (Å²) in [4.78, 5) is 0. The van der Waals surface area contributed by atoms with E-state index in [9.17, 15) is 4.39 Å². The van der Waals surface area contributed by atoms with Crippen LogP contribution < -0.4 is 5.73 Å². The van der Waals surface area contributed by atoms with Crippen molar-refractivity contribution in [3.8, 4) is 0 Å². The highest BCUT2D eigenvalue weighted by Gasteiger charge is 2.24. The molecule has 0 heterocycles. The van der Waals surface area contributed by atoms with Crippen molar-refractivity contribution in [2.45, 2.75) is 19.4 Å². The average Bonchev–Trinajstić information content (AvgIpc) is 2.28. The van der Waals surface area contributed by atoms with Crippen molar-refractivity contribution in [1.29, 1.82) is 0 Å². The lowest BCUT2D eigenvalue weighted by Gasteiger charge is -2.26. The van der Waals surface area contributed by atoms with E-state index in [2.05, 4.69) is 0 Å². The second kappa shape index (κ2) is 4.71. The second-order valence-electron chi connectivity index (χ2n) is 4.73. The van der Waals surface area contributed by atoms with Crippen molar-refractivity contribution < 1.29 is 4.39 Å². The molecule has 2 aromatic rings. The van der Waals surface area contributed by atoms with Crippen molar-refractivity contribution in [1.82, 2.24) is 0 Å². The third kappa shape index (κ3) is 2.55. The van der Waals surface area contributed by atoms with Crippen molar-refractivity contribution in [3.63, 3.8) is 0 Å². The van der Waals surface area contributed by atoms with E-state index in [0.29, 0.717) is 5.02 Å². The smallest absolute Gasteiger partial charge is 0.123 e. The van der Waals surface area contributed by atoms with E-state index in [0.717, 1.165) is 16.7 Å². The Kier molecular flexibility index (Phi) is 3.42. The predicted molar refractivity (Wildman–Crippen MR) is 73.2 cm³/mol. The fraction of sp³-hybridized carbons (Fsp3) is 0.200. The van der Waals surface area contributed by atoms with Crippen molar-refractivity contribution in [2.75, 3.05) is 0 Å². The Hall–Kier alpha value is -1.38. The molecule has 1 nitrogen and oxygen atoms in total. The molecular formula is C15H15ClFN. The number of hydrogen-bond donors (Lipinski definition) is 1. The summed E-state index contributed by atoms with van der Waals surface area (Å²) < 4.78 is 13.5. The van der Waals surface area contributed by atoms with Gasteiger partial charge in [-0.25, -0.2) is 4.39 Å². The van der Waals surface area contributed by atoms with E-state index in [1.54, 1.807) is 12.1 Å². The largest absolute Gasteiger partial charge is 0.318 e. The van der Waals surface area contributed by atoms with Crippen LogP contribution in [0.1, 0.15) is 23.6 Å². The number of aryl methyl sites for hydroxylation is 1. The number of halogens is 2. The first-order chi connectivity index (χ1) is 8.39. The van der Waals surface area contributed by atoms with Gasteiger partial charge in [-0.3, -0.25) is 0 Å². The monoisotopic (exact) mass is 263 g/mol. The average molecular weight is 264 g/mol. The van der Waals surface area contributed by atoms with Gasteiger partial charge in [0.25, 0.3) is 0 Å². The van der Waals surface area contributed by atoms with Crippen LogP contribution in [0.5, 0.6) is 0 Å². The first-order valence-corrected chi connectivity index (χ1v) is 6.10. The maximum absolute atomic E-state index is 13.5. The van der Waals surface area contributed by atoms with E-state index >= 15 is 0 Å². The normalized spacial score (nSPS) is 14.3. The first kappa shape index (κ1) is 13.1. The molecule has 0 aromatic heterocycles. The Morgan fingerprint density at radius 2 is 1.67 bits per heavy atom. The molecule has 0 bridgehead atoms. The maximum Gasteiger partial charge on any atom is 0.123 e. The van der Waals surface area contributed by atoms with Crippen molar-refractivity contribution in [3.05, 3.63) is 70.0 Å². The molecule has 0 amide bonds. The Bertz CT molecular complexity index is 541. The maximum atomic E-state index is 13.5. The fourth-order valence-corrected chi connectivity index (χ4v) is 2.12.